The minimum atomic E-state index is -0.433. The summed E-state index contributed by atoms with van der Waals surface area (Å²) in [6, 6.07) is 7.20. The van der Waals surface area contributed by atoms with Crippen LogP contribution in [0, 0.1) is 0 Å². The zero-order valence-corrected chi connectivity index (χ0v) is 12.0. The molecule has 1 saturated carbocycles. The van der Waals surface area contributed by atoms with E-state index in [2.05, 4.69) is 10.6 Å². The second-order valence-electron chi connectivity index (χ2n) is 5.89. The molecule has 114 valence electrons. The van der Waals surface area contributed by atoms with Gasteiger partial charge in [0, 0.05) is 18.3 Å². The summed E-state index contributed by atoms with van der Waals surface area (Å²) in [7, 11) is 0. The Hall–Kier alpha value is -1.59. The fourth-order valence-corrected chi connectivity index (χ4v) is 2.99. The summed E-state index contributed by atoms with van der Waals surface area (Å²) in [4.78, 5) is 12.1. The minimum Gasteiger partial charge on any atom is -0.490 e. The van der Waals surface area contributed by atoms with E-state index < -0.39 is 6.10 Å². The van der Waals surface area contributed by atoms with Crippen LogP contribution in [0.4, 0.5) is 5.69 Å². The van der Waals surface area contributed by atoms with Crippen molar-refractivity contribution in [1.82, 2.24) is 5.32 Å². The van der Waals surface area contributed by atoms with Crippen LogP contribution in [0.2, 0.25) is 0 Å². The Bertz CT molecular complexity index is 500. The predicted octanol–water partition coefficient (Wildman–Crippen LogP) is 1.67. The maximum Gasteiger partial charge on any atom is 0.241 e. The molecule has 2 aliphatic rings. The Balaban J connectivity index is 1.58. The molecule has 3 rings (SSSR count). The van der Waals surface area contributed by atoms with Gasteiger partial charge in [0.2, 0.25) is 5.91 Å². The van der Waals surface area contributed by atoms with Gasteiger partial charge in [-0.05, 0) is 44.2 Å². The number of aliphatic hydroxyl groups is 1. The van der Waals surface area contributed by atoms with E-state index in [-0.39, 0.29) is 11.9 Å². The van der Waals surface area contributed by atoms with Crippen LogP contribution in [0.15, 0.2) is 24.3 Å². The van der Waals surface area contributed by atoms with E-state index in [1.165, 1.54) is 12.8 Å². The fourth-order valence-electron chi connectivity index (χ4n) is 2.99. The van der Waals surface area contributed by atoms with Crippen LogP contribution in [0.25, 0.3) is 0 Å². The molecule has 1 amide bonds. The summed E-state index contributed by atoms with van der Waals surface area (Å²) in [5.41, 5.74) is 0.735. The van der Waals surface area contributed by atoms with E-state index in [0.717, 1.165) is 24.3 Å². The van der Waals surface area contributed by atoms with Crippen molar-refractivity contribution in [2.45, 2.75) is 50.4 Å². The van der Waals surface area contributed by atoms with Crippen molar-refractivity contribution in [1.29, 1.82) is 0 Å². The highest BCUT2D eigenvalue weighted by Gasteiger charge is 2.28. The van der Waals surface area contributed by atoms with E-state index in [1.54, 1.807) is 0 Å². The van der Waals surface area contributed by atoms with Crippen molar-refractivity contribution in [3.63, 3.8) is 0 Å². The first-order chi connectivity index (χ1) is 10.2. The standard InChI is InChI=1S/C16H22N2O3/c19-12-9-15(17-10-12)16(20)18-11-4-3-7-14(8-11)21-13-5-1-2-6-13/h3-4,7-8,12-13,15,17,19H,1-2,5-6,9-10H2,(H,18,20). The first-order valence-corrected chi connectivity index (χ1v) is 7.70. The molecule has 3 N–H and O–H groups in total. The van der Waals surface area contributed by atoms with Crippen molar-refractivity contribution < 1.29 is 14.6 Å². The van der Waals surface area contributed by atoms with Crippen LogP contribution in [0.5, 0.6) is 5.75 Å². The van der Waals surface area contributed by atoms with E-state index in [1.807, 2.05) is 24.3 Å². The van der Waals surface area contributed by atoms with Crippen molar-refractivity contribution in [3.05, 3.63) is 24.3 Å². The highest BCUT2D eigenvalue weighted by atomic mass is 16.5. The Morgan fingerprint density at radius 3 is 2.86 bits per heavy atom. The van der Waals surface area contributed by atoms with Crippen molar-refractivity contribution in [2.75, 3.05) is 11.9 Å². The van der Waals surface area contributed by atoms with Gasteiger partial charge in [-0.3, -0.25) is 4.79 Å². The third kappa shape index (κ3) is 3.74. The highest BCUT2D eigenvalue weighted by molar-refractivity contribution is 5.95. The van der Waals surface area contributed by atoms with Crippen LogP contribution < -0.4 is 15.4 Å². The molecular formula is C16H22N2O3. The summed E-state index contributed by atoms with van der Waals surface area (Å²) < 4.78 is 5.93. The van der Waals surface area contributed by atoms with Crippen LogP contribution in [0.3, 0.4) is 0 Å². The number of β-amino-alcohol motifs (C(OH)–C–C–N with tert-alkyl or cyclic N) is 1. The van der Waals surface area contributed by atoms with Gasteiger partial charge in [-0.2, -0.15) is 0 Å². The average molecular weight is 290 g/mol. The van der Waals surface area contributed by atoms with Crippen molar-refractivity contribution in [3.8, 4) is 5.75 Å². The number of carbonyl (C=O) groups is 1. The normalized spacial score (nSPS) is 26.0. The lowest BCUT2D eigenvalue weighted by atomic mass is 10.2. The van der Waals surface area contributed by atoms with Crippen LogP contribution in [-0.4, -0.2) is 35.8 Å². The molecule has 2 fully saturated rings. The molecule has 1 aromatic rings. The molecule has 5 nitrogen and oxygen atoms in total. The van der Waals surface area contributed by atoms with Gasteiger partial charge in [-0.1, -0.05) is 6.07 Å². The molecule has 2 atom stereocenters. The van der Waals surface area contributed by atoms with Crippen LogP contribution in [-0.2, 0) is 4.79 Å². The highest BCUT2D eigenvalue weighted by Crippen LogP contribution is 2.26. The lowest BCUT2D eigenvalue weighted by molar-refractivity contribution is -0.117. The molecular weight excluding hydrogens is 268 g/mol. The summed E-state index contributed by atoms with van der Waals surface area (Å²) >= 11 is 0. The first kappa shape index (κ1) is 14.4. The summed E-state index contributed by atoms with van der Waals surface area (Å²) in [6.45, 7) is 0.475. The van der Waals surface area contributed by atoms with Gasteiger partial charge >= 0.3 is 0 Å². The number of anilines is 1. The smallest absolute Gasteiger partial charge is 0.241 e. The van der Waals surface area contributed by atoms with Gasteiger partial charge in [0.05, 0.1) is 18.2 Å². The molecule has 0 aromatic heterocycles. The Labute approximate surface area is 124 Å². The monoisotopic (exact) mass is 290 g/mol. The molecule has 0 bridgehead atoms. The molecule has 1 aliphatic heterocycles. The number of nitrogens with one attached hydrogen (secondary N) is 2. The van der Waals surface area contributed by atoms with Gasteiger partial charge in [0.25, 0.3) is 0 Å². The number of carbonyl (C=O) groups excluding carboxylic acids is 1. The number of hydrogen-bond donors (Lipinski definition) is 3. The summed E-state index contributed by atoms with van der Waals surface area (Å²) in [6.07, 6.45) is 5.03. The molecule has 21 heavy (non-hydrogen) atoms. The summed E-state index contributed by atoms with van der Waals surface area (Å²) in [5.74, 6) is 0.698. The Kier molecular flexibility index (Phi) is 4.41. The van der Waals surface area contributed by atoms with E-state index in [9.17, 15) is 9.90 Å². The number of rotatable bonds is 4. The fraction of sp³-hybridized carbons (Fsp3) is 0.562. The van der Waals surface area contributed by atoms with Crippen LogP contribution >= 0.6 is 0 Å². The van der Waals surface area contributed by atoms with Crippen molar-refractivity contribution in [2.24, 2.45) is 0 Å². The average Bonchev–Trinajstić information content (AvgIpc) is 3.11. The predicted molar refractivity (Wildman–Crippen MR) is 80.4 cm³/mol. The van der Waals surface area contributed by atoms with Gasteiger partial charge < -0.3 is 20.5 Å². The number of hydrogen-bond acceptors (Lipinski definition) is 4. The van der Waals surface area contributed by atoms with Gasteiger partial charge in [-0.15, -0.1) is 0 Å². The molecule has 2 unspecified atom stereocenters. The number of amides is 1. The quantitative estimate of drug-likeness (QED) is 0.789. The molecule has 1 heterocycles. The second-order valence-corrected chi connectivity index (χ2v) is 5.89. The molecule has 1 aromatic carbocycles. The third-order valence-corrected chi connectivity index (χ3v) is 4.13. The van der Waals surface area contributed by atoms with Crippen LogP contribution in [0.1, 0.15) is 32.1 Å². The van der Waals surface area contributed by atoms with Gasteiger partial charge in [0.1, 0.15) is 5.75 Å². The lowest BCUT2D eigenvalue weighted by Crippen LogP contribution is -2.35. The zero-order chi connectivity index (χ0) is 14.7. The maximum atomic E-state index is 12.1. The SMILES string of the molecule is O=C(Nc1cccc(OC2CCCC2)c1)C1CC(O)CN1. The first-order valence-electron chi connectivity index (χ1n) is 7.70. The largest absolute Gasteiger partial charge is 0.490 e. The number of benzene rings is 1. The summed E-state index contributed by atoms with van der Waals surface area (Å²) in [5, 5.41) is 15.3. The third-order valence-electron chi connectivity index (χ3n) is 4.13. The molecule has 0 radical (unpaired) electrons. The van der Waals surface area contributed by atoms with Gasteiger partial charge in [0.15, 0.2) is 0 Å². The van der Waals surface area contributed by atoms with Crippen molar-refractivity contribution >= 4 is 11.6 Å². The molecule has 1 aliphatic carbocycles. The minimum absolute atomic E-state index is 0.107. The number of ether oxygens (including phenoxy) is 1. The van der Waals surface area contributed by atoms with Gasteiger partial charge in [-0.25, -0.2) is 0 Å². The second kappa shape index (κ2) is 6.45. The Morgan fingerprint density at radius 1 is 1.33 bits per heavy atom. The topological polar surface area (TPSA) is 70.6 Å². The molecule has 5 heteroatoms. The zero-order valence-electron chi connectivity index (χ0n) is 12.0. The van der Waals surface area contributed by atoms with E-state index in [0.29, 0.717) is 19.1 Å². The molecule has 1 saturated heterocycles. The maximum absolute atomic E-state index is 12.1. The van der Waals surface area contributed by atoms with E-state index in [4.69, 9.17) is 4.74 Å². The molecule has 0 spiro atoms. The van der Waals surface area contributed by atoms with E-state index >= 15 is 0 Å². The lowest BCUT2D eigenvalue weighted by Gasteiger charge is -2.15. The number of aliphatic hydroxyl groups excluding tert-OH is 1. The Morgan fingerprint density at radius 2 is 2.14 bits per heavy atom.